The Morgan fingerprint density at radius 2 is 0.597 bits per heavy atom. The molecule has 5 atom stereocenters. The lowest BCUT2D eigenvalue weighted by Gasteiger charge is -2.19. The zero-order chi connectivity index (χ0) is 53.1. The van der Waals surface area contributed by atoms with Crippen molar-refractivity contribution in [2.45, 2.75) is 238 Å². The van der Waals surface area contributed by atoms with Gasteiger partial charge in [-0.3, -0.25) is 27.7 Å². The molecule has 0 amide bonds. The third-order valence-electron chi connectivity index (χ3n) is 11.4. The van der Waals surface area contributed by atoms with Gasteiger partial charge in [0, 0.05) is 12.8 Å². The van der Waals surface area contributed by atoms with Crippen molar-refractivity contribution in [2.24, 2.45) is 0 Å². The van der Waals surface area contributed by atoms with Crippen molar-refractivity contribution in [3.63, 3.8) is 0 Å². The van der Waals surface area contributed by atoms with E-state index in [0.717, 1.165) is 77.0 Å². The van der Waals surface area contributed by atoms with E-state index >= 15 is 0 Å². The van der Waals surface area contributed by atoms with Crippen LogP contribution in [0.15, 0.2) is 60.8 Å². The molecule has 0 bridgehead atoms. The molecular weight excluding hydrogens is 963 g/mol. The lowest BCUT2D eigenvalue weighted by atomic mass is 10.1. The SMILES string of the molecule is CCCCC/C=C\C/C=C\C/C=C\CCCCCCCCCCC(=O)OCC(O)COP(=O)(O)OCC(O)COP(=O)(O)OCC(O)COC(=O)CCCCCCCCCCC/C=C\C/C=C\CCCCC. The largest absolute Gasteiger partial charge is 0.472 e. The Balaban J connectivity index is 3.84. The fourth-order valence-corrected chi connectivity index (χ4v) is 8.72. The number of hydrogen-bond acceptors (Lipinski definition) is 13. The Bertz CT molecular complexity index is 1520. The van der Waals surface area contributed by atoms with Crippen LogP contribution in [0.25, 0.3) is 0 Å². The number of aliphatic hydroxyl groups excluding tert-OH is 3. The van der Waals surface area contributed by atoms with Crippen LogP contribution in [-0.4, -0.2) is 95.0 Å². The summed E-state index contributed by atoms with van der Waals surface area (Å²) in [6, 6.07) is 0. The summed E-state index contributed by atoms with van der Waals surface area (Å²) in [5.74, 6) is -1.00. The average Bonchev–Trinajstić information content (AvgIpc) is 3.36. The summed E-state index contributed by atoms with van der Waals surface area (Å²) >= 11 is 0. The Labute approximate surface area is 435 Å². The van der Waals surface area contributed by atoms with Crippen LogP contribution >= 0.6 is 15.6 Å². The lowest BCUT2D eigenvalue weighted by molar-refractivity contribution is -0.148. The fourth-order valence-electron chi connectivity index (χ4n) is 7.13. The molecule has 0 aliphatic carbocycles. The van der Waals surface area contributed by atoms with E-state index in [4.69, 9.17) is 18.5 Å². The van der Waals surface area contributed by atoms with Crippen LogP contribution in [0.3, 0.4) is 0 Å². The third-order valence-corrected chi connectivity index (χ3v) is 13.3. The van der Waals surface area contributed by atoms with Crippen LogP contribution in [0, 0.1) is 0 Å². The van der Waals surface area contributed by atoms with Gasteiger partial charge in [0.05, 0.1) is 26.4 Å². The highest BCUT2D eigenvalue weighted by Gasteiger charge is 2.28. The Hall–Kier alpha value is -2.26. The average molecular weight is 1060 g/mol. The van der Waals surface area contributed by atoms with Crippen LogP contribution < -0.4 is 0 Å². The Morgan fingerprint density at radius 3 is 0.889 bits per heavy atom. The second-order valence-corrected chi connectivity index (χ2v) is 21.5. The van der Waals surface area contributed by atoms with E-state index < -0.39 is 85.5 Å². The topological polar surface area (TPSA) is 225 Å². The summed E-state index contributed by atoms with van der Waals surface area (Å²) in [6.07, 6.45) is 51.9. The second kappa shape index (κ2) is 50.9. The van der Waals surface area contributed by atoms with E-state index in [9.17, 15) is 43.8 Å². The van der Waals surface area contributed by atoms with Crippen LogP contribution in [-0.2, 0) is 46.3 Å². The van der Waals surface area contributed by atoms with Gasteiger partial charge in [0.15, 0.2) is 0 Å². The predicted molar refractivity (Wildman–Crippen MR) is 288 cm³/mol. The third kappa shape index (κ3) is 52.6. The molecule has 0 aromatic heterocycles. The van der Waals surface area contributed by atoms with Crippen LogP contribution in [0.1, 0.15) is 219 Å². The first-order chi connectivity index (χ1) is 34.8. The van der Waals surface area contributed by atoms with E-state index in [-0.39, 0.29) is 12.8 Å². The van der Waals surface area contributed by atoms with Gasteiger partial charge in [0.1, 0.15) is 31.5 Å². The molecule has 0 saturated carbocycles. The summed E-state index contributed by atoms with van der Waals surface area (Å²) < 4.78 is 53.2. The molecule has 0 aliphatic heterocycles. The lowest BCUT2D eigenvalue weighted by Crippen LogP contribution is -2.25. The summed E-state index contributed by atoms with van der Waals surface area (Å²) in [5, 5.41) is 30.1. The molecule has 15 nitrogen and oxygen atoms in total. The maximum absolute atomic E-state index is 12.2. The van der Waals surface area contributed by atoms with Crippen molar-refractivity contribution in [2.75, 3.05) is 39.6 Å². The van der Waals surface area contributed by atoms with E-state index in [1.165, 1.54) is 103 Å². The number of phosphoric acid groups is 2. The summed E-state index contributed by atoms with van der Waals surface area (Å²) in [5.41, 5.74) is 0. The maximum Gasteiger partial charge on any atom is 0.472 e. The van der Waals surface area contributed by atoms with Crippen molar-refractivity contribution in [1.82, 2.24) is 0 Å². The first-order valence-corrected chi connectivity index (χ1v) is 30.6. The number of aliphatic hydroxyl groups is 3. The van der Waals surface area contributed by atoms with Gasteiger partial charge < -0.3 is 34.6 Å². The maximum atomic E-state index is 12.2. The van der Waals surface area contributed by atoms with Crippen LogP contribution in [0.2, 0.25) is 0 Å². The van der Waals surface area contributed by atoms with Gasteiger partial charge in [0.25, 0.3) is 0 Å². The normalized spacial score (nSPS) is 15.3. The smallest absolute Gasteiger partial charge is 0.463 e. The molecule has 0 radical (unpaired) electrons. The predicted octanol–water partition coefficient (Wildman–Crippen LogP) is 13.7. The molecule has 5 unspecified atom stereocenters. The minimum atomic E-state index is -4.79. The number of carbonyl (C=O) groups is 2. The van der Waals surface area contributed by atoms with Gasteiger partial charge in [0.2, 0.25) is 0 Å². The molecule has 72 heavy (non-hydrogen) atoms. The Kier molecular flexibility index (Phi) is 49.3. The second-order valence-electron chi connectivity index (χ2n) is 18.6. The van der Waals surface area contributed by atoms with E-state index in [1.807, 2.05) is 0 Å². The number of hydrogen-bond donors (Lipinski definition) is 5. The van der Waals surface area contributed by atoms with Gasteiger partial charge >= 0.3 is 27.6 Å². The van der Waals surface area contributed by atoms with Crippen molar-refractivity contribution in [3.8, 4) is 0 Å². The molecule has 0 aromatic carbocycles. The zero-order valence-electron chi connectivity index (χ0n) is 44.6. The van der Waals surface area contributed by atoms with Gasteiger partial charge in [-0.05, 0) is 83.5 Å². The summed E-state index contributed by atoms with van der Waals surface area (Å²) in [6.45, 7) is 0.382. The quantitative estimate of drug-likeness (QED) is 0.0165. The van der Waals surface area contributed by atoms with Gasteiger partial charge in [-0.15, -0.1) is 0 Å². The number of esters is 2. The summed E-state index contributed by atoms with van der Waals surface area (Å²) in [7, 11) is -9.59. The first-order valence-electron chi connectivity index (χ1n) is 27.6. The van der Waals surface area contributed by atoms with Crippen LogP contribution in [0.4, 0.5) is 0 Å². The molecular formula is C55H100O15P2. The number of phosphoric ester groups is 2. The molecule has 0 aromatic rings. The molecule has 420 valence electrons. The van der Waals surface area contributed by atoms with E-state index in [2.05, 4.69) is 83.7 Å². The standard InChI is InChI=1S/C55H100O15P2/c1-3-5-7-9-11-13-15-17-19-21-23-24-26-28-30-32-34-36-38-40-42-44-55(60)66-46-52(57)48-68-72(63,64)70-50-53(58)49-69-71(61,62)67-47-51(56)45-65-54(59)43-41-39-37-35-33-31-29-27-25-22-20-18-16-14-12-10-8-6-4-2/h11-14,17-20,23-24,51-53,56-58H,3-10,15-16,21-22,25-50H2,1-2H3,(H,61,62)(H,63,64)/b13-11-,14-12-,19-17-,20-18-,24-23-. The number of allylic oxidation sites excluding steroid dienone is 10. The highest BCUT2D eigenvalue weighted by atomic mass is 31.2. The van der Waals surface area contributed by atoms with E-state index in [0.29, 0.717) is 12.8 Å². The van der Waals surface area contributed by atoms with Crippen molar-refractivity contribution < 1.29 is 71.4 Å². The van der Waals surface area contributed by atoms with Gasteiger partial charge in [-0.2, -0.15) is 0 Å². The molecule has 0 aliphatic rings. The van der Waals surface area contributed by atoms with Gasteiger partial charge in [-0.1, -0.05) is 184 Å². The fraction of sp³-hybridized carbons (Fsp3) is 0.782. The number of ether oxygens (including phenoxy) is 2. The molecule has 17 heteroatoms. The van der Waals surface area contributed by atoms with Gasteiger partial charge in [-0.25, -0.2) is 9.13 Å². The monoisotopic (exact) mass is 1060 g/mol. The molecule has 0 saturated heterocycles. The van der Waals surface area contributed by atoms with E-state index in [1.54, 1.807) is 0 Å². The highest BCUT2D eigenvalue weighted by Crippen LogP contribution is 2.45. The van der Waals surface area contributed by atoms with Crippen molar-refractivity contribution >= 4 is 27.6 Å². The number of rotatable bonds is 53. The summed E-state index contributed by atoms with van der Waals surface area (Å²) in [4.78, 5) is 43.9. The molecule has 0 rings (SSSR count). The molecule has 0 spiro atoms. The Morgan fingerprint density at radius 1 is 0.361 bits per heavy atom. The van der Waals surface area contributed by atoms with Crippen molar-refractivity contribution in [1.29, 1.82) is 0 Å². The first kappa shape index (κ1) is 69.7. The molecule has 5 N–H and O–H groups in total. The van der Waals surface area contributed by atoms with Crippen molar-refractivity contribution in [3.05, 3.63) is 60.8 Å². The zero-order valence-corrected chi connectivity index (χ0v) is 46.4. The number of unbranched alkanes of at least 4 members (excludes halogenated alkanes) is 23. The highest BCUT2D eigenvalue weighted by molar-refractivity contribution is 7.47. The minimum Gasteiger partial charge on any atom is -0.463 e. The molecule has 0 fully saturated rings. The molecule has 0 heterocycles. The number of carbonyl (C=O) groups excluding carboxylic acids is 2. The van der Waals surface area contributed by atoms with Crippen LogP contribution in [0.5, 0.6) is 0 Å². The minimum absolute atomic E-state index is 0.187.